The fraction of sp³-hybridized carbons (Fsp3) is 0.429. The largest absolute Gasteiger partial charge is 0.489 e. The minimum Gasteiger partial charge on any atom is -0.489 e. The van der Waals surface area contributed by atoms with E-state index in [2.05, 4.69) is 35.3 Å². The van der Waals surface area contributed by atoms with Crippen molar-refractivity contribution in [1.82, 2.24) is 10.2 Å². The Kier molecular flexibility index (Phi) is 6.74. The van der Waals surface area contributed by atoms with Gasteiger partial charge in [0.05, 0.1) is 0 Å². The standard InChI is InChI=1S/C21H27ClN2O/c1-2-24-12-4-6-20(24)15-23-14-18-5-3-7-21(13-18)25-16-17-8-10-19(22)11-9-17/h3,5,7-11,13,20,23H,2,4,6,12,14-16H2,1H3/t20-/m1/s1. The Hall–Kier alpha value is -1.55. The van der Waals surface area contributed by atoms with Crippen molar-refractivity contribution < 1.29 is 4.74 Å². The molecule has 1 saturated heterocycles. The summed E-state index contributed by atoms with van der Waals surface area (Å²) in [5, 5.41) is 4.35. The lowest BCUT2D eigenvalue weighted by molar-refractivity contribution is 0.260. The molecule has 4 heteroatoms. The number of hydrogen-bond donors (Lipinski definition) is 1. The van der Waals surface area contributed by atoms with Gasteiger partial charge in [-0.25, -0.2) is 0 Å². The van der Waals surface area contributed by atoms with Crippen LogP contribution in [0, 0.1) is 0 Å². The summed E-state index contributed by atoms with van der Waals surface area (Å²) in [5.74, 6) is 0.908. The molecule has 134 valence electrons. The van der Waals surface area contributed by atoms with E-state index in [4.69, 9.17) is 16.3 Å². The Morgan fingerprint density at radius 2 is 2.00 bits per heavy atom. The van der Waals surface area contributed by atoms with Crippen molar-refractivity contribution >= 4 is 11.6 Å². The predicted octanol–water partition coefficient (Wildman–Crippen LogP) is 4.49. The minimum absolute atomic E-state index is 0.557. The van der Waals surface area contributed by atoms with Crippen molar-refractivity contribution in [3.8, 4) is 5.75 Å². The monoisotopic (exact) mass is 358 g/mol. The number of halogens is 1. The van der Waals surface area contributed by atoms with Crippen LogP contribution in [-0.2, 0) is 13.2 Å². The molecule has 0 spiro atoms. The van der Waals surface area contributed by atoms with Crippen LogP contribution in [-0.4, -0.2) is 30.6 Å². The predicted molar refractivity (Wildman–Crippen MR) is 104 cm³/mol. The first kappa shape index (κ1) is 18.2. The lowest BCUT2D eigenvalue weighted by atomic mass is 10.2. The van der Waals surface area contributed by atoms with E-state index in [-0.39, 0.29) is 0 Å². The fourth-order valence-electron chi connectivity index (χ4n) is 3.42. The Balaban J connectivity index is 1.47. The SMILES string of the molecule is CCN1CCC[C@@H]1CNCc1cccc(OCc2ccc(Cl)cc2)c1. The second-order valence-electron chi connectivity index (χ2n) is 6.62. The summed E-state index contributed by atoms with van der Waals surface area (Å²) in [4.78, 5) is 2.57. The van der Waals surface area contributed by atoms with Gasteiger partial charge >= 0.3 is 0 Å². The van der Waals surface area contributed by atoms with Crippen molar-refractivity contribution in [1.29, 1.82) is 0 Å². The first-order valence-corrected chi connectivity index (χ1v) is 9.53. The van der Waals surface area contributed by atoms with Gasteiger partial charge in [-0.3, -0.25) is 4.90 Å². The van der Waals surface area contributed by atoms with Crippen LogP contribution >= 0.6 is 11.6 Å². The smallest absolute Gasteiger partial charge is 0.120 e. The van der Waals surface area contributed by atoms with Crippen molar-refractivity contribution in [2.45, 2.75) is 39.0 Å². The van der Waals surface area contributed by atoms with Gasteiger partial charge in [0.2, 0.25) is 0 Å². The van der Waals surface area contributed by atoms with Crippen LogP contribution in [0.25, 0.3) is 0 Å². The molecule has 25 heavy (non-hydrogen) atoms. The third kappa shape index (κ3) is 5.46. The van der Waals surface area contributed by atoms with E-state index in [9.17, 15) is 0 Å². The minimum atomic E-state index is 0.557. The molecule has 1 aliphatic rings. The molecule has 0 unspecified atom stereocenters. The molecule has 0 radical (unpaired) electrons. The van der Waals surface area contributed by atoms with Gasteiger partial charge in [-0.15, -0.1) is 0 Å². The first-order chi connectivity index (χ1) is 12.2. The highest BCUT2D eigenvalue weighted by Crippen LogP contribution is 2.18. The maximum absolute atomic E-state index is 5.91. The summed E-state index contributed by atoms with van der Waals surface area (Å²) < 4.78 is 5.91. The number of ether oxygens (including phenoxy) is 1. The molecule has 1 N–H and O–H groups in total. The summed E-state index contributed by atoms with van der Waals surface area (Å²) >= 11 is 5.91. The third-order valence-electron chi connectivity index (χ3n) is 4.83. The van der Waals surface area contributed by atoms with Crippen LogP contribution in [0.4, 0.5) is 0 Å². The van der Waals surface area contributed by atoms with Crippen molar-refractivity contribution in [3.05, 3.63) is 64.7 Å². The summed E-state index contributed by atoms with van der Waals surface area (Å²) in [6.45, 7) is 7.15. The van der Waals surface area contributed by atoms with E-state index in [1.165, 1.54) is 24.9 Å². The number of rotatable bonds is 8. The van der Waals surface area contributed by atoms with Crippen LogP contribution < -0.4 is 10.1 Å². The average Bonchev–Trinajstić information content (AvgIpc) is 3.09. The van der Waals surface area contributed by atoms with Crippen LogP contribution in [0.1, 0.15) is 30.9 Å². The molecular weight excluding hydrogens is 332 g/mol. The van der Waals surface area contributed by atoms with Gasteiger partial charge in [0.15, 0.2) is 0 Å². The van der Waals surface area contributed by atoms with Gasteiger partial charge in [-0.1, -0.05) is 42.8 Å². The lowest BCUT2D eigenvalue weighted by Gasteiger charge is -2.23. The molecule has 3 nitrogen and oxygen atoms in total. The third-order valence-corrected chi connectivity index (χ3v) is 5.08. The summed E-state index contributed by atoms with van der Waals surface area (Å²) in [6, 6.07) is 16.8. The zero-order valence-corrected chi connectivity index (χ0v) is 15.6. The number of nitrogens with zero attached hydrogens (tertiary/aromatic N) is 1. The normalized spacial score (nSPS) is 17.8. The number of benzene rings is 2. The topological polar surface area (TPSA) is 24.5 Å². The van der Waals surface area contributed by atoms with Gasteiger partial charge < -0.3 is 10.1 Å². The van der Waals surface area contributed by atoms with Crippen molar-refractivity contribution in [2.24, 2.45) is 0 Å². The zero-order chi connectivity index (χ0) is 17.5. The van der Waals surface area contributed by atoms with E-state index >= 15 is 0 Å². The Bertz CT molecular complexity index is 659. The van der Waals surface area contributed by atoms with Crippen molar-refractivity contribution in [2.75, 3.05) is 19.6 Å². The molecule has 2 aromatic carbocycles. The summed E-state index contributed by atoms with van der Waals surface area (Å²) in [7, 11) is 0. The Morgan fingerprint density at radius 3 is 2.80 bits per heavy atom. The second kappa shape index (κ2) is 9.23. The Morgan fingerprint density at radius 1 is 1.16 bits per heavy atom. The highest BCUT2D eigenvalue weighted by atomic mass is 35.5. The van der Waals surface area contributed by atoms with E-state index < -0.39 is 0 Å². The van der Waals surface area contributed by atoms with Crippen LogP contribution in [0.5, 0.6) is 5.75 Å². The molecule has 0 saturated carbocycles. The summed E-state index contributed by atoms with van der Waals surface area (Å²) in [6.07, 6.45) is 2.64. The maximum atomic E-state index is 5.91. The zero-order valence-electron chi connectivity index (χ0n) is 14.9. The molecule has 3 rings (SSSR count). The van der Waals surface area contributed by atoms with Gasteiger partial charge in [-0.2, -0.15) is 0 Å². The molecule has 0 amide bonds. The number of hydrogen-bond acceptors (Lipinski definition) is 3. The van der Waals surface area contributed by atoms with E-state index in [1.54, 1.807) is 0 Å². The van der Waals surface area contributed by atoms with E-state index in [0.717, 1.165) is 36.0 Å². The van der Waals surface area contributed by atoms with Gasteiger partial charge in [0.25, 0.3) is 0 Å². The fourth-order valence-corrected chi connectivity index (χ4v) is 3.54. The first-order valence-electron chi connectivity index (χ1n) is 9.15. The maximum Gasteiger partial charge on any atom is 0.120 e. The molecule has 0 aromatic heterocycles. The average molecular weight is 359 g/mol. The molecule has 2 aromatic rings. The van der Waals surface area contributed by atoms with Crippen molar-refractivity contribution in [3.63, 3.8) is 0 Å². The number of likely N-dealkylation sites (N-methyl/N-ethyl adjacent to an activating group) is 1. The Labute approximate surface area is 155 Å². The van der Waals surface area contributed by atoms with Crippen LogP contribution in [0.3, 0.4) is 0 Å². The molecule has 0 bridgehead atoms. The van der Waals surface area contributed by atoms with E-state index in [0.29, 0.717) is 12.6 Å². The highest BCUT2D eigenvalue weighted by Gasteiger charge is 2.21. The lowest BCUT2D eigenvalue weighted by Crippen LogP contribution is -2.37. The molecule has 1 fully saturated rings. The number of nitrogens with one attached hydrogen (secondary N) is 1. The van der Waals surface area contributed by atoms with Crippen LogP contribution in [0.15, 0.2) is 48.5 Å². The summed E-state index contributed by atoms with van der Waals surface area (Å²) in [5.41, 5.74) is 2.38. The van der Waals surface area contributed by atoms with E-state index in [1.807, 2.05) is 30.3 Å². The highest BCUT2D eigenvalue weighted by molar-refractivity contribution is 6.30. The molecule has 1 atom stereocenters. The quantitative estimate of drug-likeness (QED) is 0.752. The van der Waals surface area contributed by atoms with Gasteiger partial charge in [0, 0.05) is 24.2 Å². The molecule has 1 heterocycles. The molecular formula is C21H27ClN2O. The molecule has 1 aliphatic heterocycles. The van der Waals surface area contributed by atoms with Gasteiger partial charge in [-0.05, 0) is 61.3 Å². The second-order valence-corrected chi connectivity index (χ2v) is 7.05. The molecule has 0 aliphatic carbocycles. The van der Waals surface area contributed by atoms with Gasteiger partial charge in [0.1, 0.15) is 12.4 Å². The van der Waals surface area contributed by atoms with Crippen LogP contribution in [0.2, 0.25) is 5.02 Å². The number of likely N-dealkylation sites (tertiary alicyclic amines) is 1.